The van der Waals surface area contributed by atoms with E-state index >= 15 is 0 Å². The van der Waals surface area contributed by atoms with Crippen molar-refractivity contribution in [1.82, 2.24) is 0 Å². The monoisotopic (exact) mass is 410 g/mol. The Kier molecular flexibility index (Phi) is 21.2. The van der Waals surface area contributed by atoms with Crippen LogP contribution in [0.25, 0.3) is 0 Å². The molecule has 172 valence electrons. The van der Waals surface area contributed by atoms with Gasteiger partial charge < -0.3 is 4.74 Å². The van der Waals surface area contributed by atoms with Crippen LogP contribution in [0.1, 0.15) is 149 Å². The van der Waals surface area contributed by atoms with E-state index in [-0.39, 0.29) is 12.4 Å². The van der Waals surface area contributed by atoms with Crippen LogP contribution >= 0.6 is 0 Å². The summed E-state index contributed by atoms with van der Waals surface area (Å²) in [6.45, 7) is 6.24. The molecule has 29 heavy (non-hydrogen) atoms. The predicted octanol–water partition coefficient (Wildman–Crippen LogP) is 8.53. The van der Waals surface area contributed by atoms with E-state index in [0.717, 1.165) is 12.8 Å². The van der Waals surface area contributed by atoms with Gasteiger partial charge in [0.05, 0.1) is 0 Å². The van der Waals surface area contributed by atoms with E-state index in [2.05, 4.69) is 13.8 Å². The molecule has 0 bridgehead atoms. The summed E-state index contributed by atoms with van der Waals surface area (Å²) in [4.78, 5) is 23.4. The summed E-state index contributed by atoms with van der Waals surface area (Å²) < 4.78 is 4.92. The number of ether oxygens (including phenoxy) is 1. The number of esters is 2. The van der Waals surface area contributed by atoms with Crippen LogP contribution in [0.3, 0.4) is 0 Å². The molecule has 0 saturated carbocycles. The number of rotatable bonds is 21. The van der Waals surface area contributed by atoms with Crippen molar-refractivity contribution >= 4 is 11.9 Å². The highest BCUT2D eigenvalue weighted by molar-refractivity contribution is 5.85. The Labute approximate surface area is 181 Å². The van der Waals surface area contributed by atoms with Crippen molar-refractivity contribution in [2.75, 3.05) is 0 Å². The maximum atomic E-state index is 12.1. The molecule has 0 heterocycles. The molecule has 0 unspecified atom stereocenters. The fourth-order valence-electron chi connectivity index (χ4n) is 3.96. The molecular weight excluding hydrogens is 360 g/mol. The van der Waals surface area contributed by atoms with Gasteiger partial charge in [0.1, 0.15) is 0 Å². The standard InChI is InChI=1S/C26H50O3/c1-4-7-9-11-13-15-17-19-21-24(23-26(28)29-25(27)6-3)22-20-18-16-14-12-10-8-5-2/h24H,4-23H2,1-3H3. The molecule has 0 spiro atoms. The Morgan fingerprint density at radius 1 is 0.552 bits per heavy atom. The van der Waals surface area contributed by atoms with Crippen LogP contribution in [-0.2, 0) is 14.3 Å². The van der Waals surface area contributed by atoms with Gasteiger partial charge in [0, 0.05) is 12.8 Å². The first-order valence-electron chi connectivity index (χ1n) is 12.9. The third-order valence-corrected chi connectivity index (χ3v) is 5.90. The minimum Gasteiger partial charge on any atom is -0.393 e. The maximum absolute atomic E-state index is 12.1. The first-order chi connectivity index (χ1) is 14.1. The Bertz CT molecular complexity index is 358. The van der Waals surface area contributed by atoms with Crippen LogP contribution in [-0.4, -0.2) is 11.9 Å². The first-order valence-corrected chi connectivity index (χ1v) is 12.9. The maximum Gasteiger partial charge on any atom is 0.313 e. The average molecular weight is 411 g/mol. The highest BCUT2D eigenvalue weighted by Gasteiger charge is 2.16. The van der Waals surface area contributed by atoms with E-state index in [1.807, 2.05) is 0 Å². The second-order valence-corrected chi connectivity index (χ2v) is 8.80. The lowest BCUT2D eigenvalue weighted by atomic mass is 9.91. The summed E-state index contributed by atoms with van der Waals surface area (Å²) in [6.07, 6.45) is 23.9. The molecule has 3 nitrogen and oxygen atoms in total. The Morgan fingerprint density at radius 2 is 0.931 bits per heavy atom. The smallest absolute Gasteiger partial charge is 0.313 e. The molecule has 0 aromatic carbocycles. The molecule has 0 aliphatic rings. The number of carbonyl (C=O) groups excluding carboxylic acids is 2. The third kappa shape index (κ3) is 20.2. The van der Waals surface area contributed by atoms with Gasteiger partial charge in [0.25, 0.3) is 0 Å². The number of hydrogen-bond donors (Lipinski definition) is 0. The zero-order chi connectivity index (χ0) is 21.6. The highest BCUT2D eigenvalue weighted by Crippen LogP contribution is 2.23. The zero-order valence-corrected chi connectivity index (χ0v) is 19.9. The van der Waals surface area contributed by atoms with E-state index in [9.17, 15) is 9.59 Å². The van der Waals surface area contributed by atoms with Crippen LogP contribution < -0.4 is 0 Å². The van der Waals surface area contributed by atoms with Crippen LogP contribution in [0.4, 0.5) is 0 Å². The minimum absolute atomic E-state index is 0.270. The number of unbranched alkanes of at least 4 members (excludes halogenated alkanes) is 14. The molecule has 0 radical (unpaired) electrons. The van der Waals surface area contributed by atoms with Gasteiger partial charge in [-0.2, -0.15) is 0 Å². The number of hydrogen-bond acceptors (Lipinski definition) is 3. The van der Waals surface area contributed by atoms with Crippen molar-refractivity contribution in [3.63, 3.8) is 0 Å². The summed E-state index contributed by atoms with van der Waals surface area (Å²) in [7, 11) is 0. The van der Waals surface area contributed by atoms with Gasteiger partial charge in [-0.1, -0.05) is 124 Å². The van der Waals surface area contributed by atoms with Crippen LogP contribution in [0.15, 0.2) is 0 Å². The quantitative estimate of drug-likeness (QED) is 0.108. The topological polar surface area (TPSA) is 43.4 Å². The van der Waals surface area contributed by atoms with Gasteiger partial charge in [-0.15, -0.1) is 0 Å². The van der Waals surface area contributed by atoms with Crippen LogP contribution in [0, 0.1) is 5.92 Å². The normalized spacial score (nSPS) is 11.2. The van der Waals surface area contributed by atoms with Crippen molar-refractivity contribution in [1.29, 1.82) is 0 Å². The van der Waals surface area contributed by atoms with Gasteiger partial charge in [-0.25, -0.2) is 0 Å². The predicted molar refractivity (Wildman–Crippen MR) is 124 cm³/mol. The van der Waals surface area contributed by atoms with Crippen LogP contribution in [0.5, 0.6) is 0 Å². The Balaban J connectivity index is 4.03. The lowest BCUT2D eigenvalue weighted by Crippen LogP contribution is -2.15. The van der Waals surface area contributed by atoms with Gasteiger partial charge in [0.15, 0.2) is 0 Å². The van der Waals surface area contributed by atoms with E-state index in [4.69, 9.17) is 4.74 Å². The van der Waals surface area contributed by atoms with Crippen molar-refractivity contribution in [2.45, 2.75) is 149 Å². The second-order valence-electron chi connectivity index (χ2n) is 8.80. The van der Waals surface area contributed by atoms with Crippen molar-refractivity contribution < 1.29 is 14.3 Å². The van der Waals surface area contributed by atoms with Crippen molar-refractivity contribution in [2.24, 2.45) is 5.92 Å². The summed E-state index contributed by atoms with van der Waals surface area (Å²) in [5.41, 5.74) is 0. The molecule has 0 aromatic rings. The lowest BCUT2D eigenvalue weighted by Gasteiger charge is -2.16. The van der Waals surface area contributed by atoms with Crippen molar-refractivity contribution in [3.05, 3.63) is 0 Å². The fraction of sp³-hybridized carbons (Fsp3) is 0.923. The summed E-state index contributed by atoms with van der Waals surface area (Å²) in [5, 5.41) is 0. The molecule has 0 saturated heterocycles. The molecule has 0 aromatic heterocycles. The molecule has 0 N–H and O–H groups in total. The minimum atomic E-state index is -0.395. The summed E-state index contributed by atoms with van der Waals surface area (Å²) >= 11 is 0. The Morgan fingerprint density at radius 3 is 1.31 bits per heavy atom. The fourth-order valence-corrected chi connectivity index (χ4v) is 3.96. The number of carbonyl (C=O) groups is 2. The summed E-state index contributed by atoms with van der Waals surface area (Å²) in [5.74, 6) is -0.332. The third-order valence-electron chi connectivity index (χ3n) is 5.90. The highest BCUT2D eigenvalue weighted by atomic mass is 16.6. The molecule has 0 fully saturated rings. The molecule has 0 aliphatic heterocycles. The van der Waals surface area contributed by atoms with Gasteiger partial charge in [0.2, 0.25) is 0 Å². The van der Waals surface area contributed by atoms with Crippen LogP contribution in [0.2, 0.25) is 0 Å². The van der Waals surface area contributed by atoms with Gasteiger partial charge >= 0.3 is 11.9 Å². The molecule has 3 heteroatoms. The zero-order valence-electron chi connectivity index (χ0n) is 19.9. The van der Waals surface area contributed by atoms with E-state index < -0.39 is 5.97 Å². The van der Waals surface area contributed by atoms with E-state index in [0.29, 0.717) is 12.3 Å². The first kappa shape index (κ1) is 28.1. The Hall–Kier alpha value is -0.860. The SMILES string of the molecule is CCCCCCCCCCC(CCCCCCCCCC)CC(=O)OC(=O)CC. The molecule has 0 aliphatic carbocycles. The van der Waals surface area contributed by atoms with Crippen molar-refractivity contribution in [3.8, 4) is 0 Å². The van der Waals surface area contributed by atoms with E-state index in [1.165, 1.54) is 103 Å². The summed E-state index contributed by atoms with van der Waals surface area (Å²) in [6, 6.07) is 0. The van der Waals surface area contributed by atoms with Gasteiger partial charge in [-0.3, -0.25) is 9.59 Å². The largest absolute Gasteiger partial charge is 0.393 e. The molecule has 0 atom stereocenters. The average Bonchev–Trinajstić information content (AvgIpc) is 2.71. The lowest BCUT2D eigenvalue weighted by molar-refractivity contribution is -0.160. The molecule has 0 rings (SSSR count). The van der Waals surface area contributed by atoms with Gasteiger partial charge in [-0.05, 0) is 18.8 Å². The molecule has 0 amide bonds. The van der Waals surface area contributed by atoms with E-state index in [1.54, 1.807) is 6.92 Å². The second kappa shape index (κ2) is 21.8. The molecular formula is C26H50O3.